The summed E-state index contributed by atoms with van der Waals surface area (Å²) in [6, 6.07) is 7.54. The first-order valence-corrected chi connectivity index (χ1v) is 7.17. The number of piperazine rings is 1. The van der Waals surface area contributed by atoms with Crippen molar-refractivity contribution in [1.29, 1.82) is 0 Å². The Bertz CT molecular complexity index is 463. The third kappa shape index (κ3) is 3.94. The maximum atomic E-state index is 12.1. The van der Waals surface area contributed by atoms with Crippen LogP contribution >= 0.6 is 15.9 Å². The van der Waals surface area contributed by atoms with E-state index in [1.54, 1.807) is 0 Å². The maximum Gasteiger partial charge on any atom is 0.260 e. The summed E-state index contributed by atoms with van der Waals surface area (Å²) in [5, 5.41) is 3.38. The molecular weight excluding hydrogens is 308 g/mol. The molecule has 0 radical (unpaired) electrons. The second-order valence-electron chi connectivity index (χ2n) is 5.35. The third-order valence-electron chi connectivity index (χ3n) is 3.11. The van der Waals surface area contributed by atoms with Gasteiger partial charge in [0, 0.05) is 25.2 Å². The van der Waals surface area contributed by atoms with Crippen molar-refractivity contribution in [2.24, 2.45) is 0 Å². The van der Waals surface area contributed by atoms with Crippen molar-refractivity contribution in [3.05, 3.63) is 28.7 Å². The fraction of sp³-hybridized carbons (Fsp3) is 0.500. The molecule has 0 spiro atoms. The highest BCUT2D eigenvalue weighted by atomic mass is 79.9. The molecule has 1 aromatic carbocycles. The molecule has 0 aromatic heterocycles. The van der Waals surface area contributed by atoms with Gasteiger partial charge in [0.2, 0.25) is 0 Å². The molecule has 0 atom stereocenters. The highest BCUT2D eigenvalue weighted by Crippen LogP contribution is 2.23. The largest absolute Gasteiger partial charge is 0.483 e. The standard InChI is InChI=1S/C14H19BrN2O2/c1-14(2)10-17(8-7-16-14)13(18)9-19-12-6-4-3-5-11(12)15/h3-6,16H,7-10H2,1-2H3. The summed E-state index contributed by atoms with van der Waals surface area (Å²) < 4.78 is 6.43. The highest BCUT2D eigenvalue weighted by molar-refractivity contribution is 9.10. The summed E-state index contributed by atoms with van der Waals surface area (Å²) in [5.74, 6) is 0.732. The second-order valence-corrected chi connectivity index (χ2v) is 6.20. The van der Waals surface area contributed by atoms with Crippen molar-refractivity contribution >= 4 is 21.8 Å². The zero-order valence-corrected chi connectivity index (χ0v) is 12.9. The number of carbonyl (C=O) groups excluding carboxylic acids is 1. The van der Waals surface area contributed by atoms with Gasteiger partial charge in [-0.2, -0.15) is 0 Å². The number of ether oxygens (including phenoxy) is 1. The quantitative estimate of drug-likeness (QED) is 0.924. The van der Waals surface area contributed by atoms with Crippen LogP contribution in [0.25, 0.3) is 0 Å². The molecule has 0 bridgehead atoms. The number of benzene rings is 1. The van der Waals surface area contributed by atoms with Crippen molar-refractivity contribution in [1.82, 2.24) is 10.2 Å². The Hall–Kier alpha value is -1.07. The molecule has 1 amide bonds. The zero-order chi connectivity index (χ0) is 13.9. The topological polar surface area (TPSA) is 41.6 Å². The first-order valence-electron chi connectivity index (χ1n) is 6.38. The molecule has 19 heavy (non-hydrogen) atoms. The number of carbonyl (C=O) groups is 1. The van der Waals surface area contributed by atoms with Gasteiger partial charge in [0.05, 0.1) is 4.47 Å². The molecule has 0 aliphatic carbocycles. The van der Waals surface area contributed by atoms with Gasteiger partial charge < -0.3 is 15.0 Å². The monoisotopic (exact) mass is 326 g/mol. The molecule has 1 aliphatic heterocycles. The lowest BCUT2D eigenvalue weighted by Gasteiger charge is -2.39. The Morgan fingerprint density at radius 2 is 2.21 bits per heavy atom. The number of hydrogen-bond donors (Lipinski definition) is 1. The molecule has 0 saturated carbocycles. The number of halogens is 1. The van der Waals surface area contributed by atoms with Crippen LogP contribution in [0.3, 0.4) is 0 Å². The summed E-state index contributed by atoms with van der Waals surface area (Å²) in [4.78, 5) is 14.0. The van der Waals surface area contributed by atoms with Crippen LogP contribution in [0.2, 0.25) is 0 Å². The maximum absolute atomic E-state index is 12.1. The van der Waals surface area contributed by atoms with E-state index in [-0.39, 0.29) is 18.1 Å². The van der Waals surface area contributed by atoms with E-state index in [0.717, 1.165) is 17.6 Å². The number of para-hydroxylation sites is 1. The van der Waals surface area contributed by atoms with Crippen molar-refractivity contribution in [2.75, 3.05) is 26.2 Å². The Morgan fingerprint density at radius 1 is 1.47 bits per heavy atom. The number of nitrogens with one attached hydrogen (secondary N) is 1. The fourth-order valence-electron chi connectivity index (χ4n) is 2.15. The van der Waals surface area contributed by atoms with Gasteiger partial charge in [-0.25, -0.2) is 0 Å². The number of rotatable bonds is 3. The Morgan fingerprint density at radius 3 is 2.89 bits per heavy atom. The number of nitrogens with zero attached hydrogens (tertiary/aromatic N) is 1. The van der Waals surface area contributed by atoms with Crippen LogP contribution in [0.15, 0.2) is 28.7 Å². The third-order valence-corrected chi connectivity index (χ3v) is 3.77. The second kappa shape index (κ2) is 5.92. The van der Waals surface area contributed by atoms with Crippen molar-refractivity contribution in [3.8, 4) is 5.75 Å². The van der Waals surface area contributed by atoms with Gasteiger partial charge in [0.25, 0.3) is 5.91 Å². The first-order chi connectivity index (χ1) is 8.98. The SMILES string of the molecule is CC1(C)CN(C(=O)COc2ccccc2Br)CCN1. The summed E-state index contributed by atoms with van der Waals surface area (Å²) in [5.41, 5.74) is -0.0265. The lowest BCUT2D eigenvalue weighted by Crippen LogP contribution is -2.59. The van der Waals surface area contributed by atoms with Gasteiger partial charge in [0.1, 0.15) is 5.75 Å². The molecule has 5 heteroatoms. The molecule has 1 saturated heterocycles. The van der Waals surface area contributed by atoms with Gasteiger partial charge in [-0.3, -0.25) is 4.79 Å². The lowest BCUT2D eigenvalue weighted by molar-refractivity contribution is -0.135. The van der Waals surface area contributed by atoms with E-state index in [0.29, 0.717) is 12.3 Å². The number of hydrogen-bond acceptors (Lipinski definition) is 3. The molecule has 104 valence electrons. The van der Waals surface area contributed by atoms with Gasteiger partial charge >= 0.3 is 0 Å². The van der Waals surface area contributed by atoms with Crippen molar-refractivity contribution < 1.29 is 9.53 Å². The molecule has 4 nitrogen and oxygen atoms in total. The Labute approximate surface area is 122 Å². The Kier molecular flexibility index (Phi) is 4.47. The molecule has 1 aromatic rings. The van der Waals surface area contributed by atoms with Crippen molar-refractivity contribution in [2.45, 2.75) is 19.4 Å². The van der Waals surface area contributed by atoms with Crippen LogP contribution in [-0.2, 0) is 4.79 Å². The minimum atomic E-state index is -0.0265. The van der Waals surface area contributed by atoms with Crippen LogP contribution in [0, 0.1) is 0 Å². The fourth-order valence-corrected chi connectivity index (χ4v) is 2.55. The molecule has 0 unspecified atom stereocenters. The molecule has 1 N–H and O–H groups in total. The van der Waals surface area contributed by atoms with E-state index in [9.17, 15) is 4.79 Å². The van der Waals surface area contributed by atoms with E-state index >= 15 is 0 Å². The number of amides is 1. The first kappa shape index (κ1) is 14.3. The van der Waals surface area contributed by atoms with Crippen molar-refractivity contribution in [3.63, 3.8) is 0 Å². The molecular formula is C14H19BrN2O2. The van der Waals surface area contributed by atoms with Crippen LogP contribution in [0.1, 0.15) is 13.8 Å². The summed E-state index contributed by atoms with van der Waals surface area (Å²) >= 11 is 3.40. The van der Waals surface area contributed by atoms with Gasteiger partial charge in [-0.1, -0.05) is 12.1 Å². The van der Waals surface area contributed by atoms with Crippen LogP contribution < -0.4 is 10.1 Å². The average molecular weight is 327 g/mol. The van der Waals surface area contributed by atoms with Crippen LogP contribution in [0.4, 0.5) is 0 Å². The highest BCUT2D eigenvalue weighted by Gasteiger charge is 2.28. The summed E-state index contributed by atoms with van der Waals surface area (Å²) in [7, 11) is 0. The predicted molar refractivity (Wildman–Crippen MR) is 78.3 cm³/mol. The van der Waals surface area contributed by atoms with E-state index < -0.39 is 0 Å². The predicted octanol–water partition coefficient (Wildman–Crippen LogP) is 2.04. The average Bonchev–Trinajstić information content (AvgIpc) is 2.36. The molecule has 1 fully saturated rings. The van der Waals surface area contributed by atoms with Gasteiger partial charge in [0.15, 0.2) is 6.61 Å². The summed E-state index contributed by atoms with van der Waals surface area (Å²) in [6.07, 6.45) is 0. The molecule has 2 rings (SSSR count). The van der Waals surface area contributed by atoms with E-state index in [1.165, 1.54) is 0 Å². The van der Waals surface area contributed by atoms with E-state index in [2.05, 4.69) is 35.1 Å². The molecule has 1 aliphatic rings. The Balaban J connectivity index is 1.90. The van der Waals surface area contributed by atoms with E-state index in [4.69, 9.17) is 4.74 Å². The normalized spacial score (nSPS) is 18.2. The minimum Gasteiger partial charge on any atom is -0.483 e. The summed E-state index contributed by atoms with van der Waals surface area (Å²) in [6.45, 7) is 6.56. The smallest absolute Gasteiger partial charge is 0.260 e. The minimum absolute atomic E-state index is 0.0265. The van der Waals surface area contributed by atoms with Gasteiger partial charge in [-0.15, -0.1) is 0 Å². The van der Waals surface area contributed by atoms with E-state index in [1.807, 2.05) is 29.2 Å². The molecule has 1 heterocycles. The van der Waals surface area contributed by atoms with Crippen LogP contribution in [-0.4, -0.2) is 42.6 Å². The van der Waals surface area contributed by atoms with Gasteiger partial charge in [-0.05, 0) is 41.9 Å². The zero-order valence-electron chi connectivity index (χ0n) is 11.3. The van der Waals surface area contributed by atoms with Crippen LogP contribution in [0.5, 0.6) is 5.75 Å². The lowest BCUT2D eigenvalue weighted by atomic mass is 10.0.